The van der Waals surface area contributed by atoms with Gasteiger partial charge in [0.15, 0.2) is 0 Å². The molecule has 0 radical (unpaired) electrons. The summed E-state index contributed by atoms with van der Waals surface area (Å²) in [5.74, 6) is -0.277. The van der Waals surface area contributed by atoms with E-state index in [2.05, 4.69) is 0 Å². The molecule has 0 bridgehead atoms. The minimum absolute atomic E-state index is 0.137. The number of rotatable bonds is 6. The minimum atomic E-state index is -0.505. The Morgan fingerprint density at radius 2 is 2.13 bits per heavy atom. The molecule has 1 heterocycles. The zero-order valence-electron chi connectivity index (χ0n) is 13.4. The third-order valence-electron chi connectivity index (χ3n) is 4.01. The maximum atomic E-state index is 12.6. The third kappa shape index (κ3) is 4.49. The van der Waals surface area contributed by atoms with Crippen molar-refractivity contribution in [2.24, 2.45) is 5.73 Å². The van der Waals surface area contributed by atoms with Crippen LogP contribution in [0.25, 0.3) is 0 Å². The number of likely N-dealkylation sites (tertiary alicyclic amines) is 1. The second-order valence-electron chi connectivity index (χ2n) is 5.78. The Hall–Kier alpha value is -1.99. The minimum Gasteiger partial charge on any atom is -0.378 e. The lowest BCUT2D eigenvalue weighted by Crippen LogP contribution is -2.41. The maximum Gasteiger partial charge on any atom is 0.282 e. The summed E-state index contributed by atoms with van der Waals surface area (Å²) in [7, 11) is 0. The molecule has 0 unspecified atom stereocenters. The van der Waals surface area contributed by atoms with Gasteiger partial charge in [0.25, 0.3) is 11.6 Å². The number of nitro groups is 1. The van der Waals surface area contributed by atoms with Crippen LogP contribution < -0.4 is 5.73 Å². The SMILES string of the molecule is Cc1ccc([N+](=O)[O-])c(C(=O)N2CCC(OCCCN)CC2)c1. The van der Waals surface area contributed by atoms with Gasteiger partial charge in [-0.15, -0.1) is 0 Å². The number of hydrogen-bond donors (Lipinski definition) is 1. The molecule has 1 amide bonds. The first-order valence-electron chi connectivity index (χ1n) is 7.89. The normalized spacial score (nSPS) is 15.7. The van der Waals surface area contributed by atoms with Gasteiger partial charge in [-0.3, -0.25) is 14.9 Å². The smallest absolute Gasteiger partial charge is 0.282 e. The van der Waals surface area contributed by atoms with E-state index in [-0.39, 0.29) is 23.3 Å². The second-order valence-corrected chi connectivity index (χ2v) is 5.78. The molecule has 0 aliphatic carbocycles. The molecule has 126 valence electrons. The van der Waals surface area contributed by atoms with Crippen LogP contribution in [0.2, 0.25) is 0 Å². The average molecular weight is 321 g/mol. The van der Waals surface area contributed by atoms with Crippen molar-refractivity contribution in [3.05, 3.63) is 39.4 Å². The number of carbonyl (C=O) groups is 1. The van der Waals surface area contributed by atoms with Gasteiger partial charge in [0.1, 0.15) is 5.56 Å². The Labute approximate surface area is 135 Å². The molecule has 1 aromatic carbocycles. The lowest BCUT2D eigenvalue weighted by molar-refractivity contribution is -0.385. The fourth-order valence-corrected chi connectivity index (χ4v) is 2.71. The van der Waals surface area contributed by atoms with Crippen molar-refractivity contribution in [1.29, 1.82) is 0 Å². The van der Waals surface area contributed by atoms with Crippen LogP contribution in [0.4, 0.5) is 5.69 Å². The fraction of sp³-hybridized carbons (Fsp3) is 0.562. The summed E-state index contributed by atoms with van der Waals surface area (Å²) in [6.45, 7) is 4.17. The topological polar surface area (TPSA) is 98.7 Å². The number of aryl methyl sites for hydroxylation is 1. The number of nitrogens with two attached hydrogens (primary N) is 1. The van der Waals surface area contributed by atoms with Crippen LogP contribution in [0, 0.1) is 17.0 Å². The summed E-state index contributed by atoms with van der Waals surface area (Å²) >= 11 is 0. The second kappa shape index (κ2) is 8.03. The molecule has 2 rings (SSSR count). The molecule has 23 heavy (non-hydrogen) atoms. The van der Waals surface area contributed by atoms with Crippen LogP contribution in [-0.4, -0.2) is 48.1 Å². The number of piperidine rings is 1. The number of nitrogens with zero attached hydrogens (tertiary/aromatic N) is 2. The first-order valence-corrected chi connectivity index (χ1v) is 7.89. The van der Waals surface area contributed by atoms with Crippen molar-refractivity contribution in [1.82, 2.24) is 4.90 Å². The van der Waals surface area contributed by atoms with E-state index in [0.717, 1.165) is 24.8 Å². The molecule has 0 aromatic heterocycles. The number of benzene rings is 1. The zero-order valence-corrected chi connectivity index (χ0v) is 13.4. The highest BCUT2D eigenvalue weighted by atomic mass is 16.6. The predicted octanol–water partition coefficient (Wildman–Crippen LogP) is 1.87. The molecule has 7 heteroatoms. The van der Waals surface area contributed by atoms with E-state index in [9.17, 15) is 14.9 Å². The van der Waals surface area contributed by atoms with Gasteiger partial charge in [0.05, 0.1) is 11.0 Å². The Morgan fingerprint density at radius 3 is 2.74 bits per heavy atom. The summed E-state index contributed by atoms with van der Waals surface area (Å²) in [5.41, 5.74) is 6.29. The van der Waals surface area contributed by atoms with Crippen molar-refractivity contribution >= 4 is 11.6 Å². The first kappa shape index (κ1) is 17.4. The standard InChI is InChI=1S/C16H23N3O4/c1-12-3-4-15(19(21)22)14(11-12)16(20)18-8-5-13(6-9-18)23-10-2-7-17/h3-4,11,13H,2,5-10,17H2,1H3. The van der Waals surface area contributed by atoms with Gasteiger partial charge in [0.2, 0.25) is 0 Å². The Bertz CT molecular complexity index is 568. The molecule has 1 saturated heterocycles. The van der Waals surface area contributed by atoms with Gasteiger partial charge in [-0.05, 0) is 44.4 Å². The summed E-state index contributed by atoms with van der Waals surface area (Å²) in [6.07, 6.45) is 2.46. The Balaban J connectivity index is 2.00. The molecule has 0 atom stereocenters. The van der Waals surface area contributed by atoms with E-state index >= 15 is 0 Å². The van der Waals surface area contributed by atoms with Gasteiger partial charge in [-0.2, -0.15) is 0 Å². The van der Waals surface area contributed by atoms with Crippen molar-refractivity contribution in [3.8, 4) is 0 Å². The molecule has 0 spiro atoms. The van der Waals surface area contributed by atoms with Crippen LogP contribution in [0.1, 0.15) is 35.2 Å². The average Bonchev–Trinajstić information content (AvgIpc) is 2.54. The van der Waals surface area contributed by atoms with Gasteiger partial charge in [0, 0.05) is 25.8 Å². The largest absolute Gasteiger partial charge is 0.378 e. The van der Waals surface area contributed by atoms with Gasteiger partial charge in [-0.1, -0.05) is 6.07 Å². The van der Waals surface area contributed by atoms with Crippen molar-refractivity contribution in [2.75, 3.05) is 26.2 Å². The number of amides is 1. The lowest BCUT2D eigenvalue weighted by Gasteiger charge is -2.32. The van der Waals surface area contributed by atoms with Crippen LogP contribution in [-0.2, 0) is 4.74 Å². The van der Waals surface area contributed by atoms with Crippen molar-refractivity contribution < 1.29 is 14.5 Å². The first-order chi connectivity index (χ1) is 11.0. The monoisotopic (exact) mass is 321 g/mol. The van der Waals surface area contributed by atoms with Crippen molar-refractivity contribution in [2.45, 2.75) is 32.3 Å². The van der Waals surface area contributed by atoms with Gasteiger partial charge >= 0.3 is 0 Å². The van der Waals surface area contributed by atoms with E-state index in [1.807, 2.05) is 6.92 Å². The lowest BCUT2D eigenvalue weighted by atomic mass is 10.0. The fourth-order valence-electron chi connectivity index (χ4n) is 2.71. The molecule has 7 nitrogen and oxygen atoms in total. The molecular formula is C16H23N3O4. The van der Waals surface area contributed by atoms with E-state index in [4.69, 9.17) is 10.5 Å². The van der Waals surface area contributed by atoms with E-state index in [1.54, 1.807) is 17.0 Å². The number of nitro benzene ring substituents is 1. The van der Waals surface area contributed by atoms with E-state index in [1.165, 1.54) is 6.07 Å². The summed E-state index contributed by atoms with van der Waals surface area (Å²) in [6, 6.07) is 4.63. The highest BCUT2D eigenvalue weighted by Gasteiger charge is 2.28. The highest BCUT2D eigenvalue weighted by molar-refractivity contribution is 5.98. The maximum absolute atomic E-state index is 12.6. The van der Waals surface area contributed by atoms with Crippen molar-refractivity contribution in [3.63, 3.8) is 0 Å². The molecule has 0 saturated carbocycles. The molecule has 2 N–H and O–H groups in total. The Kier molecular flexibility index (Phi) is 6.06. The van der Waals surface area contributed by atoms with Crippen LogP contribution in [0.15, 0.2) is 18.2 Å². The quantitative estimate of drug-likeness (QED) is 0.490. The van der Waals surface area contributed by atoms with Gasteiger partial charge < -0.3 is 15.4 Å². The summed E-state index contributed by atoms with van der Waals surface area (Å²) < 4.78 is 5.71. The van der Waals surface area contributed by atoms with E-state index < -0.39 is 4.92 Å². The molecule has 1 aliphatic heterocycles. The molecular weight excluding hydrogens is 298 g/mol. The zero-order chi connectivity index (χ0) is 16.8. The molecule has 1 aliphatic rings. The third-order valence-corrected chi connectivity index (χ3v) is 4.01. The number of hydrogen-bond acceptors (Lipinski definition) is 5. The van der Waals surface area contributed by atoms with E-state index in [0.29, 0.717) is 26.2 Å². The summed E-state index contributed by atoms with van der Waals surface area (Å²) in [5, 5.41) is 11.1. The molecule has 1 fully saturated rings. The number of ether oxygens (including phenoxy) is 1. The van der Waals surface area contributed by atoms with Gasteiger partial charge in [-0.25, -0.2) is 0 Å². The highest BCUT2D eigenvalue weighted by Crippen LogP contribution is 2.24. The summed E-state index contributed by atoms with van der Waals surface area (Å²) in [4.78, 5) is 24.9. The molecule has 1 aromatic rings. The van der Waals surface area contributed by atoms with Crippen LogP contribution in [0.3, 0.4) is 0 Å². The Morgan fingerprint density at radius 1 is 1.43 bits per heavy atom. The van der Waals surface area contributed by atoms with Crippen LogP contribution >= 0.6 is 0 Å². The van der Waals surface area contributed by atoms with Crippen LogP contribution in [0.5, 0.6) is 0 Å². The number of carbonyl (C=O) groups excluding carboxylic acids is 1. The predicted molar refractivity (Wildman–Crippen MR) is 86.4 cm³/mol.